The number of hydrogen-bond donors (Lipinski definition) is 2. The summed E-state index contributed by atoms with van der Waals surface area (Å²) < 4.78 is 0. The van der Waals surface area contributed by atoms with Crippen LogP contribution in [0.4, 0.5) is 0 Å². The van der Waals surface area contributed by atoms with Crippen molar-refractivity contribution in [2.45, 2.75) is 13.3 Å². The Kier molecular flexibility index (Phi) is 4.24. The van der Waals surface area contributed by atoms with Crippen molar-refractivity contribution in [3.8, 4) is 11.8 Å². The molecule has 1 aliphatic rings. The fourth-order valence-electron chi connectivity index (χ4n) is 2.23. The molecule has 6 nitrogen and oxygen atoms in total. The number of pyridine rings is 1. The van der Waals surface area contributed by atoms with E-state index in [0.29, 0.717) is 30.8 Å². The van der Waals surface area contributed by atoms with E-state index in [-0.39, 0.29) is 18.4 Å². The maximum Gasteiger partial charge on any atom is 0.272 e. The number of aliphatic hydroxyl groups excluding tert-OH is 1. The first-order valence-corrected chi connectivity index (χ1v) is 6.61. The van der Waals surface area contributed by atoms with Gasteiger partial charge in [-0.1, -0.05) is 11.8 Å². The van der Waals surface area contributed by atoms with Crippen molar-refractivity contribution in [1.29, 1.82) is 0 Å². The van der Waals surface area contributed by atoms with E-state index in [0.717, 1.165) is 0 Å². The van der Waals surface area contributed by atoms with Crippen molar-refractivity contribution in [2.24, 2.45) is 11.1 Å². The van der Waals surface area contributed by atoms with Gasteiger partial charge in [-0.15, -0.1) is 0 Å². The summed E-state index contributed by atoms with van der Waals surface area (Å²) in [6, 6.07) is 3.26. The van der Waals surface area contributed by atoms with Gasteiger partial charge < -0.3 is 15.7 Å². The Hall–Kier alpha value is -2.39. The van der Waals surface area contributed by atoms with Crippen LogP contribution in [0.5, 0.6) is 0 Å². The molecule has 21 heavy (non-hydrogen) atoms. The van der Waals surface area contributed by atoms with Gasteiger partial charge in [0.15, 0.2) is 0 Å². The number of nitrogens with zero attached hydrogens (tertiary/aromatic N) is 2. The SMILES string of the molecule is CC1(C(N)=O)CCN(C(=O)c2ccc(C#CCO)cn2)C1. The Morgan fingerprint density at radius 2 is 2.29 bits per heavy atom. The fourth-order valence-corrected chi connectivity index (χ4v) is 2.23. The zero-order valence-electron chi connectivity index (χ0n) is 11.8. The summed E-state index contributed by atoms with van der Waals surface area (Å²) in [5.41, 5.74) is 5.64. The van der Waals surface area contributed by atoms with Gasteiger partial charge in [0.2, 0.25) is 5.91 Å². The quantitative estimate of drug-likeness (QED) is 0.734. The number of primary amides is 1. The smallest absolute Gasteiger partial charge is 0.272 e. The topological polar surface area (TPSA) is 96.5 Å². The number of aromatic nitrogens is 1. The highest BCUT2D eigenvalue weighted by Crippen LogP contribution is 2.30. The highest BCUT2D eigenvalue weighted by Gasteiger charge is 2.40. The number of hydrogen-bond acceptors (Lipinski definition) is 4. The number of likely N-dealkylation sites (tertiary alicyclic amines) is 1. The van der Waals surface area contributed by atoms with Gasteiger partial charge in [0.25, 0.3) is 5.91 Å². The lowest BCUT2D eigenvalue weighted by Gasteiger charge is -2.20. The van der Waals surface area contributed by atoms with Crippen molar-refractivity contribution in [1.82, 2.24) is 9.88 Å². The second kappa shape index (κ2) is 5.94. The highest BCUT2D eigenvalue weighted by molar-refractivity contribution is 5.93. The van der Waals surface area contributed by atoms with Crippen LogP contribution in [0.15, 0.2) is 18.3 Å². The summed E-state index contributed by atoms with van der Waals surface area (Å²) in [6.45, 7) is 2.35. The summed E-state index contributed by atoms with van der Waals surface area (Å²) >= 11 is 0. The van der Waals surface area contributed by atoms with Gasteiger partial charge in [-0.3, -0.25) is 9.59 Å². The Bertz CT molecular complexity index is 615. The minimum Gasteiger partial charge on any atom is -0.384 e. The van der Waals surface area contributed by atoms with Gasteiger partial charge in [-0.05, 0) is 25.5 Å². The third-order valence-corrected chi connectivity index (χ3v) is 3.65. The van der Waals surface area contributed by atoms with Crippen LogP contribution in [0.3, 0.4) is 0 Å². The predicted octanol–water partition coefficient (Wildman–Crippen LogP) is -0.237. The number of rotatable bonds is 2. The second-order valence-corrected chi connectivity index (χ2v) is 5.29. The Balaban J connectivity index is 2.09. The maximum absolute atomic E-state index is 12.3. The van der Waals surface area contributed by atoms with E-state index < -0.39 is 5.41 Å². The molecule has 1 aliphatic heterocycles. The molecule has 2 heterocycles. The molecule has 0 radical (unpaired) electrons. The molecule has 0 aromatic carbocycles. The zero-order valence-corrected chi connectivity index (χ0v) is 11.8. The molecule has 2 amide bonds. The van der Waals surface area contributed by atoms with E-state index in [9.17, 15) is 9.59 Å². The normalized spacial score (nSPS) is 20.8. The lowest BCUT2D eigenvalue weighted by atomic mass is 9.89. The summed E-state index contributed by atoms with van der Waals surface area (Å²) in [7, 11) is 0. The average molecular weight is 287 g/mol. The molecule has 0 spiro atoms. The molecular formula is C15H17N3O3. The van der Waals surface area contributed by atoms with E-state index in [1.54, 1.807) is 24.0 Å². The largest absolute Gasteiger partial charge is 0.384 e. The van der Waals surface area contributed by atoms with Crippen LogP contribution in [-0.2, 0) is 4.79 Å². The zero-order chi connectivity index (χ0) is 15.5. The van der Waals surface area contributed by atoms with Crippen LogP contribution in [0.25, 0.3) is 0 Å². The molecule has 1 unspecified atom stereocenters. The maximum atomic E-state index is 12.3. The van der Waals surface area contributed by atoms with Crippen molar-refractivity contribution < 1.29 is 14.7 Å². The minimum atomic E-state index is -0.664. The summed E-state index contributed by atoms with van der Waals surface area (Å²) in [5, 5.41) is 8.62. The van der Waals surface area contributed by atoms with Gasteiger partial charge in [0, 0.05) is 24.8 Å². The Labute approximate surface area is 123 Å². The Morgan fingerprint density at radius 3 is 2.81 bits per heavy atom. The molecule has 1 atom stereocenters. The lowest BCUT2D eigenvalue weighted by molar-refractivity contribution is -0.126. The van der Waals surface area contributed by atoms with Crippen molar-refractivity contribution in [2.75, 3.05) is 19.7 Å². The van der Waals surface area contributed by atoms with E-state index >= 15 is 0 Å². The van der Waals surface area contributed by atoms with Crippen molar-refractivity contribution >= 4 is 11.8 Å². The second-order valence-electron chi connectivity index (χ2n) is 5.29. The van der Waals surface area contributed by atoms with Gasteiger partial charge in [0.05, 0.1) is 5.41 Å². The lowest BCUT2D eigenvalue weighted by Crippen LogP contribution is -2.38. The molecule has 110 valence electrons. The highest BCUT2D eigenvalue weighted by atomic mass is 16.2. The van der Waals surface area contributed by atoms with Gasteiger partial charge in [-0.25, -0.2) is 4.98 Å². The summed E-state index contributed by atoms with van der Waals surface area (Å²) in [5.74, 6) is 4.61. The molecule has 1 aromatic rings. The first-order valence-electron chi connectivity index (χ1n) is 6.61. The van der Waals surface area contributed by atoms with Crippen LogP contribution < -0.4 is 5.73 Å². The average Bonchev–Trinajstić information content (AvgIpc) is 2.89. The molecular weight excluding hydrogens is 270 g/mol. The fraction of sp³-hybridized carbons (Fsp3) is 0.400. The molecule has 2 rings (SSSR count). The molecule has 6 heteroatoms. The number of amides is 2. The number of carbonyl (C=O) groups excluding carboxylic acids is 2. The van der Waals surface area contributed by atoms with Gasteiger partial charge in [0.1, 0.15) is 12.3 Å². The van der Waals surface area contributed by atoms with Crippen LogP contribution in [0.2, 0.25) is 0 Å². The molecule has 1 aromatic heterocycles. The van der Waals surface area contributed by atoms with E-state index in [4.69, 9.17) is 10.8 Å². The number of carbonyl (C=O) groups is 2. The van der Waals surface area contributed by atoms with Crippen LogP contribution in [0.1, 0.15) is 29.4 Å². The van der Waals surface area contributed by atoms with E-state index in [2.05, 4.69) is 16.8 Å². The molecule has 0 aliphatic carbocycles. The number of nitrogens with two attached hydrogens (primary N) is 1. The van der Waals surface area contributed by atoms with Crippen molar-refractivity contribution in [3.63, 3.8) is 0 Å². The third kappa shape index (κ3) is 3.20. The predicted molar refractivity (Wildman–Crippen MR) is 76.0 cm³/mol. The van der Waals surface area contributed by atoms with E-state index in [1.807, 2.05) is 0 Å². The summed E-state index contributed by atoms with van der Waals surface area (Å²) in [6.07, 6.45) is 2.05. The first kappa shape index (κ1) is 15.0. The molecule has 3 N–H and O–H groups in total. The van der Waals surface area contributed by atoms with Gasteiger partial charge in [-0.2, -0.15) is 0 Å². The standard InChI is InChI=1S/C15H17N3O3/c1-15(14(16)21)6-7-18(10-15)13(20)12-5-4-11(9-17-12)3-2-8-19/h4-5,9,19H,6-8,10H2,1H3,(H2,16,21). The Morgan fingerprint density at radius 1 is 1.52 bits per heavy atom. The number of aliphatic hydroxyl groups is 1. The molecule has 0 saturated carbocycles. The van der Waals surface area contributed by atoms with Crippen molar-refractivity contribution in [3.05, 3.63) is 29.6 Å². The summed E-state index contributed by atoms with van der Waals surface area (Å²) in [4.78, 5) is 29.4. The van der Waals surface area contributed by atoms with Crippen LogP contribution in [-0.4, -0.2) is 46.5 Å². The van der Waals surface area contributed by atoms with E-state index in [1.165, 1.54) is 6.20 Å². The van der Waals surface area contributed by atoms with Gasteiger partial charge >= 0.3 is 0 Å². The monoisotopic (exact) mass is 287 g/mol. The van der Waals surface area contributed by atoms with Crippen LogP contribution >= 0.6 is 0 Å². The minimum absolute atomic E-state index is 0.221. The molecule has 1 saturated heterocycles. The first-order chi connectivity index (χ1) is 9.96. The molecule has 1 fully saturated rings. The molecule has 0 bridgehead atoms. The third-order valence-electron chi connectivity index (χ3n) is 3.65. The van der Waals surface area contributed by atoms with Crippen LogP contribution in [0, 0.1) is 17.3 Å².